The molecule has 1 aliphatic rings. The molecule has 1 amide bonds. The second-order valence-corrected chi connectivity index (χ2v) is 9.70. The lowest BCUT2D eigenvalue weighted by molar-refractivity contribution is -0.109. The monoisotopic (exact) mass is 561 g/mol. The molecular weight excluding hydrogens is 521 g/mol. The number of nitrogens with zero attached hydrogens (tertiary/aromatic N) is 3. The van der Waals surface area contributed by atoms with E-state index in [0.29, 0.717) is 40.5 Å². The Hall–Kier alpha value is -3.33. The van der Waals surface area contributed by atoms with Crippen molar-refractivity contribution in [3.8, 4) is 5.75 Å². The number of ether oxygens (including phenoxy) is 1. The van der Waals surface area contributed by atoms with Crippen molar-refractivity contribution in [2.75, 3.05) is 37.0 Å². The number of halogens is 2. The summed E-state index contributed by atoms with van der Waals surface area (Å²) in [7, 11) is 1.56. The summed E-state index contributed by atoms with van der Waals surface area (Å²) in [6.07, 6.45) is 4.46. The predicted octanol–water partition coefficient (Wildman–Crippen LogP) is 6.54. The van der Waals surface area contributed by atoms with Gasteiger partial charge in [0.2, 0.25) is 6.41 Å². The van der Waals surface area contributed by atoms with Crippen LogP contribution in [0.3, 0.4) is 0 Å². The van der Waals surface area contributed by atoms with Gasteiger partial charge >= 0.3 is 0 Å². The van der Waals surface area contributed by atoms with Gasteiger partial charge in [0, 0.05) is 37.6 Å². The number of rotatable bonds is 7. The van der Waals surface area contributed by atoms with E-state index in [-0.39, 0.29) is 23.0 Å². The first-order valence-electron chi connectivity index (χ1n) is 13.5. The third-order valence-corrected chi connectivity index (χ3v) is 6.57. The van der Waals surface area contributed by atoms with Crippen molar-refractivity contribution in [1.29, 1.82) is 0 Å². The van der Waals surface area contributed by atoms with Gasteiger partial charge in [-0.15, -0.1) is 0 Å². The smallest absolute Gasteiger partial charge is 0.293 e. The number of fused-ring (bicyclic) bond motifs is 1. The van der Waals surface area contributed by atoms with E-state index in [2.05, 4.69) is 27.4 Å². The molecule has 0 bridgehead atoms. The van der Waals surface area contributed by atoms with Crippen LogP contribution >= 0.6 is 11.6 Å². The molecule has 4 rings (SSSR count). The number of anilines is 3. The highest BCUT2D eigenvalue weighted by Gasteiger charge is 2.20. The van der Waals surface area contributed by atoms with Crippen molar-refractivity contribution in [3.63, 3.8) is 0 Å². The van der Waals surface area contributed by atoms with Gasteiger partial charge in [-0.1, -0.05) is 32.4 Å². The lowest BCUT2D eigenvalue weighted by atomic mass is 9.99. The molecular formula is C29H41ClFN5O3. The summed E-state index contributed by atoms with van der Waals surface area (Å²) in [4.78, 5) is 28.6. The molecule has 0 aliphatic carbocycles. The maximum atomic E-state index is 15.7. The normalized spacial score (nSPS) is 13.2. The molecule has 3 heterocycles. The third kappa shape index (κ3) is 7.85. The number of piperidine rings is 1. The van der Waals surface area contributed by atoms with Gasteiger partial charge in [-0.25, -0.2) is 9.37 Å². The van der Waals surface area contributed by atoms with E-state index < -0.39 is 5.82 Å². The second kappa shape index (κ2) is 15.3. The molecule has 0 spiro atoms. The molecule has 8 nitrogen and oxygen atoms in total. The van der Waals surface area contributed by atoms with Crippen LogP contribution in [0, 0.1) is 11.7 Å². The number of benzene rings is 1. The number of nitrogens with one attached hydrogen (secondary N) is 2. The molecule has 1 fully saturated rings. The number of hydrogen-bond donors (Lipinski definition) is 2. The summed E-state index contributed by atoms with van der Waals surface area (Å²) >= 11 is 6.40. The molecule has 0 saturated carbocycles. The van der Waals surface area contributed by atoms with Crippen molar-refractivity contribution in [3.05, 3.63) is 51.7 Å². The number of aromatic nitrogens is 2. The Kier molecular flexibility index (Phi) is 12.5. The largest absolute Gasteiger partial charge is 0.488 e. The van der Waals surface area contributed by atoms with Crippen LogP contribution in [0.15, 0.2) is 35.3 Å². The van der Waals surface area contributed by atoms with Gasteiger partial charge in [0.05, 0.1) is 34.7 Å². The quantitative estimate of drug-likeness (QED) is 0.319. The molecule has 1 aliphatic heterocycles. The maximum Gasteiger partial charge on any atom is 0.293 e. The van der Waals surface area contributed by atoms with Crippen LogP contribution in [0.25, 0.3) is 10.9 Å². The third-order valence-electron chi connectivity index (χ3n) is 6.27. The minimum atomic E-state index is -0.468. The van der Waals surface area contributed by atoms with Crippen molar-refractivity contribution in [2.45, 2.75) is 60.4 Å². The van der Waals surface area contributed by atoms with Gasteiger partial charge in [0.1, 0.15) is 5.82 Å². The highest BCUT2D eigenvalue weighted by atomic mass is 35.5. The summed E-state index contributed by atoms with van der Waals surface area (Å²) in [5.41, 5.74) is 1.11. The van der Waals surface area contributed by atoms with Crippen LogP contribution in [-0.4, -0.2) is 42.7 Å². The molecule has 2 aromatic heterocycles. The Morgan fingerprint density at radius 1 is 1.21 bits per heavy atom. The first kappa shape index (κ1) is 31.9. The summed E-state index contributed by atoms with van der Waals surface area (Å²) in [5, 5.41) is 6.10. The minimum absolute atomic E-state index is 0.137. The number of hydrogen-bond acceptors (Lipinski definition) is 6. The van der Waals surface area contributed by atoms with Crippen LogP contribution in [0.1, 0.15) is 60.4 Å². The molecule has 0 atom stereocenters. The van der Waals surface area contributed by atoms with E-state index in [0.717, 1.165) is 31.7 Å². The molecule has 0 radical (unpaired) electrons. The van der Waals surface area contributed by atoms with E-state index in [9.17, 15) is 4.79 Å². The zero-order valence-corrected chi connectivity index (χ0v) is 24.7. The number of carbonyl (C=O) groups excluding carboxylic acids is 1. The molecule has 10 heteroatoms. The Labute approximate surface area is 235 Å². The van der Waals surface area contributed by atoms with E-state index in [1.165, 1.54) is 6.07 Å². The molecule has 214 valence electrons. The van der Waals surface area contributed by atoms with Gasteiger partial charge in [-0.3, -0.25) is 9.59 Å². The maximum absolute atomic E-state index is 15.7. The fourth-order valence-electron chi connectivity index (χ4n) is 4.30. The molecule has 2 N–H and O–H groups in total. The van der Waals surface area contributed by atoms with Gasteiger partial charge in [-0.05, 0) is 57.7 Å². The first-order chi connectivity index (χ1) is 18.7. The topological polar surface area (TPSA) is 88.5 Å². The van der Waals surface area contributed by atoms with E-state index in [4.69, 9.17) is 21.1 Å². The van der Waals surface area contributed by atoms with E-state index >= 15 is 4.39 Å². The fourth-order valence-corrected chi connectivity index (χ4v) is 4.45. The molecule has 1 saturated heterocycles. The average Bonchev–Trinajstić information content (AvgIpc) is 2.94. The Bertz CT molecular complexity index is 1290. The van der Waals surface area contributed by atoms with Gasteiger partial charge < -0.3 is 24.8 Å². The standard InChI is InChI=1S/C25H30ClFN4O2.C2H5NO.C2H6/c1-5-33-22-12-17-21(31(15(2)3)25(22)32)7-6-19(24(17)27)29-20-13-23(28-14-18(20)26)30-10-8-16(4)9-11-30;1-3-2-4;1-2/h6-7,12-16H,5,8-11H2,1-4H3,(H,28,29);2H,1H3,(H,3,4);1-2H3. The number of carbonyl (C=O) groups is 1. The van der Waals surface area contributed by atoms with Crippen LogP contribution in [0.2, 0.25) is 5.02 Å². The zero-order chi connectivity index (χ0) is 29.1. The SMILES string of the molecule is CC.CCOc1cc2c(F)c(Nc3cc(N4CCC(C)CC4)ncc3Cl)ccc2n(C(C)C)c1=O.CNC=O. The van der Waals surface area contributed by atoms with Crippen molar-refractivity contribution in [1.82, 2.24) is 14.9 Å². The van der Waals surface area contributed by atoms with Gasteiger partial charge in [-0.2, -0.15) is 0 Å². The molecule has 3 aromatic rings. The Morgan fingerprint density at radius 2 is 1.85 bits per heavy atom. The second-order valence-electron chi connectivity index (χ2n) is 9.29. The van der Waals surface area contributed by atoms with Crippen LogP contribution in [-0.2, 0) is 4.79 Å². The summed E-state index contributed by atoms with van der Waals surface area (Å²) in [6.45, 7) is 14.0. The molecule has 1 aromatic carbocycles. The first-order valence-corrected chi connectivity index (χ1v) is 13.9. The van der Waals surface area contributed by atoms with Gasteiger partial charge in [0.15, 0.2) is 11.6 Å². The molecule has 39 heavy (non-hydrogen) atoms. The Morgan fingerprint density at radius 3 is 2.41 bits per heavy atom. The Balaban J connectivity index is 0.000000815. The van der Waals surface area contributed by atoms with Gasteiger partial charge in [0.25, 0.3) is 5.56 Å². The zero-order valence-electron chi connectivity index (χ0n) is 24.0. The number of pyridine rings is 2. The van der Waals surface area contributed by atoms with Crippen LogP contribution < -0.4 is 25.8 Å². The van der Waals surface area contributed by atoms with Crippen LogP contribution in [0.5, 0.6) is 5.75 Å². The van der Waals surface area contributed by atoms with Crippen molar-refractivity contribution >= 4 is 46.1 Å². The lowest BCUT2D eigenvalue weighted by Gasteiger charge is -2.31. The van der Waals surface area contributed by atoms with Crippen molar-refractivity contribution in [2.24, 2.45) is 5.92 Å². The summed E-state index contributed by atoms with van der Waals surface area (Å²) < 4.78 is 22.7. The van der Waals surface area contributed by atoms with Crippen LogP contribution in [0.4, 0.5) is 21.6 Å². The fraction of sp³-hybridized carbons (Fsp3) is 0.483. The molecule has 0 unspecified atom stereocenters. The predicted molar refractivity (Wildman–Crippen MR) is 159 cm³/mol. The summed E-state index contributed by atoms with van der Waals surface area (Å²) in [5.74, 6) is 1.20. The highest BCUT2D eigenvalue weighted by molar-refractivity contribution is 6.33. The summed E-state index contributed by atoms with van der Waals surface area (Å²) in [6, 6.07) is 6.58. The number of amides is 1. The minimum Gasteiger partial charge on any atom is -0.488 e. The lowest BCUT2D eigenvalue weighted by Crippen LogP contribution is -2.33. The highest BCUT2D eigenvalue weighted by Crippen LogP contribution is 2.34. The van der Waals surface area contributed by atoms with E-state index in [1.54, 1.807) is 36.9 Å². The van der Waals surface area contributed by atoms with E-state index in [1.807, 2.05) is 33.8 Å². The van der Waals surface area contributed by atoms with Crippen molar-refractivity contribution < 1.29 is 13.9 Å². The average molecular weight is 562 g/mol.